The van der Waals surface area contributed by atoms with E-state index >= 15 is 0 Å². The van der Waals surface area contributed by atoms with E-state index in [1.165, 1.54) is 6.20 Å². The first-order valence-corrected chi connectivity index (χ1v) is 7.99. The first-order valence-electron chi connectivity index (χ1n) is 7.99. The Morgan fingerprint density at radius 1 is 1.29 bits per heavy atom. The van der Waals surface area contributed by atoms with Crippen molar-refractivity contribution < 1.29 is 9.13 Å². The maximum Gasteiger partial charge on any atom is 0.174 e. The monoisotopic (exact) mass is 332 g/mol. The summed E-state index contributed by atoms with van der Waals surface area (Å²) < 4.78 is 19.9. The highest BCUT2D eigenvalue weighted by Crippen LogP contribution is 2.27. The standard InChI is InChI=1S/C18H25FN4O/c1-11(2)9-18(4,21)10-24-15-6-5-14(23-12(15)3)13-7-8-22-17(20)16(13)19/h5-8,11H,9-10,21H2,1-4H3,(H2,20,22). The van der Waals surface area contributed by atoms with E-state index in [2.05, 4.69) is 23.8 Å². The Hall–Kier alpha value is -2.21. The molecule has 2 heterocycles. The number of hydrogen-bond donors (Lipinski definition) is 2. The van der Waals surface area contributed by atoms with Crippen LogP contribution in [0.3, 0.4) is 0 Å². The van der Waals surface area contributed by atoms with Crippen LogP contribution in [0.1, 0.15) is 32.9 Å². The Balaban J connectivity index is 2.17. The Morgan fingerprint density at radius 2 is 2.00 bits per heavy atom. The van der Waals surface area contributed by atoms with Crippen molar-refractivity contribution in [3.63, 3.8) is 0 Å². The molecule has 6 heteroatoms. The van der Waals surface area contributed by atoms with Gasteiger partial charge in [0.1, 0.15) is 12.4 Å². The van der Waals surface area contributed by atoms with Crippen LogP contribution in [0.15, 0.2) is 24.4 Å². The SMILES string of the molecule is Cc1nc(-c2ccnc(N)c2F)ccc1OCC(C)(N)CC(C)C. The fraction of sp³-hybridized carbons (Fsp3) is 0.444. The third kappa shape index (κ3) is 4.41. The number of rotatable bonds is 6. The number of nitrogens with two attached hydrogens (primary N) is 2. The van der Waals surface area contributed by atoms with E-state index in [9.17, 15) is 4.39 Å². The summed E-state index contributed by atoms with van der Waals surface area (Å²) in [6, 6.07) is 5.03. The molecular weight excluding hydrogens is 307 g/mol. The van der Waals surface area contributed by atoms with Crippen LogP contribution in [0.2, 0.25) is 0 Å². The number of ether oxygens (including phenoxy) is 1. The van der Waals surface area contributed by atoms with Gasteiger partial charge in [-0.1, -0.05) is 13.8 Å². The van der Waals surface area contributed by atoms with Crippen molar-refractivity contribution in [2.45, 2.75) is 39.7 Å². The number of anilines is 1. The predicted molar refractivity (Wildman–Crippen MR) is 94.1 cm³/mol. The maximum atomic E-state index is 14.1. The number of halogens is 1. The van der Waals surface area contributed by atoms with Gasteiger partial charge in [0.25, 0.3) is 0 Å². The van der Waals surface area contributed by atoms with Crippen molar-refractivity contribution in [3.8, 4) is 17.0 Å². The maximum absolute atomic E-state index is 14.1. The molecule has 0 aliphatic heterocycles. The lowest BCUT2D eigenvalue weighted by atomic mass is 9.93. The lowest BCUT2D eigenvalue weighted by molar-refractivity contribution is 0.205. The van der Waals surface area contributed by atoms with E-state index in [0.29, 0.717) is 35.2 Å². The molecule has 0 amide bonds. The molecule has 0 radical (unpaired) electrons. The zero-order valence-corrected chi connectivity index (χ0v) is 14.6. The van der Waals surface area contributed by atoms with Gasteiger partial charge in [0, 0.05) is 17.3 Å². The van der Waals surface area contributed by atoms with Crippen molar-refractivity contribution >= 4 is 5.82 Å². The van der Waals surface area contributed by atoms with E-state index < -0.39 is 11.4 Å². The predicted octanol–water partition coefficient (Wildman–Crippen LogP) is 3.32. The van der Waals surface area contributed by atoms with Gasteiger partial charge >= 0.3 is 0 Å². The molecule has 1 atom stereocenters. The lowest BCUT2D eigenvalue weighted by Crippen LogP contribution is -2.43. The second kappa shape index (κ2) is 7.13. The first-order chi connectivity index (χ1) is 11.2. The minimum absolute atomic E-state index is 0.139. The molecule has 0 saturated carbocycles. The molecule has 1 unspecified atom stereocenters. The van der Waals surface area contributed by atoms with Gasteiger partial charge in [-0.2, -0.15) is 0 Å². The summed E-state index contributed by atoms with van der Waals surface area (Å²) in [5.41, 5.74) is 12.8. The molecule has 0 fully saturated rings. The Morgan fingerprint density at radius 3 is 2.62 bits per heavy atom. The molecule has 2 rings (SSSR count). The number of pyridine rings is 2. The van der Waals surface area contributed by atoms with Crippen LogP contribution < -0.4 is 16.2 Å². The number of aromatic nitrogens is 2. The van der Waals surface area contributed by atoms with E-state index in [1.807, 2.05) is 13.8 Å². The van der Waals surface area contributed by atoms with Crippen LogP contribution in [0.25, 0.3) is 11.3 Å². The van der Waals surface area contributed by atoms with Crippen molar-refractivity contribution in [1.82, 2.24) is 9.97 Å². The highest BCUT2D eigenvalue weighted by atomic mass is 19.1. The smallest absolute Gasteiger partial charge is 0.174 e. The third-order valence-electron chi connectivity index (χ3n) is 3.66. The van der Waals surface area contributed by atoms with Gasteiger partial charge in [0.2, 0.25) is 0 Å². The lowest BCUT2D eigenvalue weighted by Gasteiger charge is -2.27. The van der Waals surface area contributed by atoms with Gasteiger partial charge in [-0.25, -0.2) is 14.4 Å². The van der Waals surface area contributed by atoms with Crippen LogP contribution in [-0.2, 0) is 0 Å². The highest BCUT2D eigenvalue weighted by molar-refractivity contribution is 5.64. The van der Waals surface area contributed by atoms with E-state index in [0.717, 1.165) is 6.42 Å². The number of hydrogen-bond acceptors (Lipinski definition) is 5. The van der Waals surface area contributed by atoms with Crippen LogP contribution in [0.4, 0.5) is 10.2 Å². The number of aryl methyl sites for hydroxylation is 1. The Kier molecular flexibility index (Phi) is 5.39. The van der Waals surface area contributed by atoms with E-state index in [-0.39, 0.29) is 5.82 Å². The largest absolute Gasteiger partial charge is 0.490 e. The fourth-order valence-corrected chi connectivity index (χ4v) is 2.74. The summed E-state index contributed by atoms with van der Waals surface area (Å²) in [7, 11) is 0. The number of nitrogens with zero attached hydrogens (tertiary/aromatic N) is 2. The highest BCUT2D eigenvalue weighted by Gasteiger charge is 2.21. The van der Waals surface area contributed by atoms with Crippen molar-refractivity contribution in [2.75, 3.05) is 12.3 Å². The molecule has 130 valence electrons. The van der Waals surface area contributed by atoms with Crippen LogP contribution in [-0.4, -0.2) is 22.1 Å². The van der Waals surface area contributed by atoms with E-state index in [1.54, 1.807) is 18.2 Å². The quantitative estimate of drug-likeness (QED) is 0.847. The summed E-state index contributed by atoms with van der Waals surface area (Å²) in [6.45, 7) is 8.43. The van der Waals surface area contributed by atoms with Gasteiger partial charge in [-0.15, -0.1) is 0 Å². The van der Waals surface area contributed by atoms with Crippen molar-refractivity contribution in [2.24, 2.45) is 11.7 Å². The van der Waals surface area contributed by atoms with Gasteiger partial charge < -0.3 is 16.2 Å². The summed E-state index contributed by atoms with van der Waals surface area (Å²) in [4.78, 5) is 8.14. The zero-order chi connectivity index (χ0) is 17.9. The van der Waals surface area contributed by atoms with Crippen molar-refractivity contribution in [3.05, 3.63) is 35.9 Å². The van der Waals surface area contributed by atoms with Crippen molar-refractivity contribution in [1.29, 1.82) is 0 Å². The average molecular weight is 332 g/mol. The summed E-state index contributed by atoms with van der Waals surface area (Å²) in [6.07, 6.45) is 2.32. The van der Waals surface area contributed by atoms with Gasteiger partial charge in [-0.05, 0) is 44.4 Å². The minimum Gasteiger partial charge on any atom is -0.490 e. The van der Waals surface area contributed by atoms with Gasteiger partial charge in [0.15, 0.2) is 11.6 Å². The molecule has 0 bridgehead atoms. The third-order valence-corrected chi connectivity index (χ3v) is 3.66. The normalized spacial score (nSPS) is 13.8. The zero-order valence-electron chi connectivity index (χ0n) is 14.6. The summed E-state index contributed by atoms with van der Waals surface area (Å²) in [5.74, 6) is 0.427. The molecule has 0 saturated heterocycles. The molecule has 2 aromatic heterocycles. The molecule has 2 aromatic rings. The molecule has 0 aromatic carbocycles. The average Bonchev–Trinajstić information content (AvgIpc) is 2.47. The summed E-state index contributed by atoms with van der Waals surface area (Å²) in [5, 5.41) is 0. The molecule has 24 heavy (non-hydrogen) atoms. The Bertz CT molecular complexity index is 716. The molecule has 4 N–H and O–H groups in total. The molecule has 0 aliphatic rings. The number of nitrogen functional groups attached to an aromatic ring is 1. The van der Waals surface area contributed by atoms with Crippen LogP contribution in [0.5, 0.6) is 5.75 Å². The fourth-order valence-electron chi connectivity index (χ4n) is 2.74. The van der Waals surface area contributed by atoms with E-state index in [4.69, 9.17) is 16.2 Å². The molecule has 0 aliphatic carbocycles. The summed E-state index contributed by atoms with van der Waals surface area (Å²) >= 11 is 0. The van der Waals surface area contributed by atoms with Gasteiger partial charge in [-0.3, -0.25) is 0 Å². The molecule has 5 nitrogen and oxygen atoms in total. The topological polar surface area (TPSA) is 87.0 Å². The molecular formula is C18H25FN4O. The van der Waals surface area contributed by atoms with Crippen LogP contribution in [0, 0.1) is 18.7 Å². The minimum atomic E-state index is -0.565. The molecule has 0 spiro atoms. The Labute approximate surface area is 142 Å². The van der Waals surface area contributed by atoms with Crippen LogP contribution >= 0.6 is 0 Å². The second-order valence-electron chi connectivity index (χ2n) is 6.88. The van der Waals surface area contributed by atoms with Gasteiger partial charge in [0.05, 0.1) is 11.4 Å². The first kappa shape index (κ1) is 18.1. The second-order valence-corrected chi connectivity index (χ2v) is 6.88.